The summed E-state index contributed by atoms with van der Waals surface area (Å²) >= 11 is 0. The van der Waals surface area contributed by atoms with Crippen LogP contribution in [0.25, 0.3) is 0 Å². The monoisotopic (exact) mass is 248 g/mol. The first-order valence-corrected chi connectivity index (χ1v) is 6.37. The Hall–Kier alpha value is -1.39. The lowest BCUT2D eigenvalue weighted by Crippen LogP contribution is -2.64. The molecule has 0 aliphatic carbocycles. The fourth-order valence-electron chi connectivity index (χ4n) is 2.44. The van der Waals surface area contributed by atoms with E-state index in [0.717, 1.165) is 18.4 Å². The van der Waals surface area contributed by atoms with Gasteiger partial charge in [0.15, 0.2) is 0 Å². The molecule has 0 saturated carbocycles. The maximum atomic E-state index is 12.1. The molecule has 0 spiro atoms. The van der Waals surface area contributed by atoms with Crippen molar-refractivity contribution in [3.63, 3.8) is 0 Å². The summed E-state index contributed by atoms with van der Waals surface area (Å²) in [5.74, 6) is -0.109. The lowest BCUT2D eigenvalue weighted by Gasteiger charge is -2.47. The van der Waals surface area contributed by atoms with Crippen LogP contribution in [0.5, 0.6) is 0 Å². The molecule has 2 rings (SSSR count). The lowest BCUT2D eigenvalue weighted by atomic mass is 9.88. The van der Waals surface area contributed by atoms with E-state index >= 15 is 0 Å². The van der Waals surface area contributed by atoms with Gasteiger partial charge in [-0.2, -0.15) is 0 Å². The Morgan fingerprint density at radius 3 is 2.61 bits per heavy atom. The van der Waals surface area contributed by atoms with Crippen LogP contribution in [0.2, 0.25) is 0 Å². The van der Waals surface area contributed by atoms with Gasteiger partial charge in [-0.25, -0.2) is 0 Å². The third-order valence-corrected chi connectivity index (χ3v) is 3.42. The predicted octanol–water partition coefficient (Wildman–Crippen LogP) is 1.06. The van der Waals surface area contributed by atoms with E-state index in [9.17, 15) is 9.90 Å². The summed E-state index contributed by atoms with van der Waals surface area (Å²) in [6, 6.07) is 8.70. The first kappa shape index (κ1) is 13.1. The van der Waals surface area contributed by atoms with Gasteiger partial charge in [0, 0.05) is 0 Å². The Balaban J connectivity index is 1.94. The van der Waals surface area contributed by atoms with Crippen molar-refractivity contribution in [3.05, 3.63) is 35.9 Å². The maximum absolute atomic E-state index is 12.1. The average Bonchev–Trinajstić information content (AvgIpc) is 2.35. The summed E-state index contributed by atoms with van der Waals surface area (Å²) in [5.41, 5.74) is 6.06. The minimum atomic E-state index is -0.694. The van der Waals surface area contributed by atoms with Crippen LogP contribution in [-0.2, 0) is 4.79 Å². The van der Waals surface area contributed by atoms with E-state index in [0.29, 0.717) is 13.1 Å². The third-order valence-electron chi connectivity index (χ3n) is 3.42. The first-order chi connectivity index (χ1) is 8.56. The molecule has 1 saturated heterocycles. The zero-order valence-electron chi connectivity index (χ0n) is 10.7. The second-order valence-electron chi connectivity index (χ2n) is 5.06. The second-order valence-corrected chi connectivity index (χ2v) is 5.06. The van der Waals surface area contributed by atoms with E-state index in [-0.39, 0.29) is 5.91 Å². The van der Waals surface area contributed by atoms with Gasteiger partial charge in [-0.05, 0) is 12.0 Å². The fourth-order valence-corrected chi connectivity index (χ4v) is 2.44. The van der Waals surface area contributed by atoms with Crippen LogP contribution in [0.4, 0.5) is 0 Å². The number of aliphatic hydroxyl groups is 1. The summed E-state index contributed by atoms with van der Waals surface area (Å²) < 4.78 is 0. The number of likely N-dealkylation sites (tertiary alicyclic amines) is 1. The Kier molecular flexibility index (Phi) is 3.68. The standard InChI is InChI=1S/C14H20N2O2/c1-2-8-14(18)9-16(10-14)13(17)12(15)11-6-4-3-5-7-11/h3-7,12,18H,2,8-10,15H2,1H3. The fraction of sp³-hybridized carbons (Fsp3) is 0.500. The second kappa shape index (κ2) is 5.08. The Morgan fingerprint density at radius 2 is 2.06 bits per heavy atom. The summed E-state index contributed by atoms with van der Waals surface area (Å²) in [7, 11) is 0. The normalized spacial score (nSPS) is 19.2. The number of hydrogen-bond donors (Lipinski definition) is 2. The summed E-state index contributed by atoms with van der Waals surface area (Å²) in [6.45, 7) is 2.83. The summed E-state index contributed by atoms with van der Waals surface area (Å²) in [6.07, 6.45) is 1.65. The molecule has 1 amide bonds. The van der Waals surface area contributed by atoms with Crippen molar-refractivity contribution in [2.75, 3.05) is 13.1 Å². The molecule has 0 aromatic heterocycles. The molecule has 3 N–H and O–H groups in total. The van der Waals surface area contributed by atoms with E-state index in [1.165, 1.54) is 0 Å². The molecule has 1 aromatic rings. The number of hydrogen-bond acceptors (Lipinski definition) is 3. The van der Waals surface area contributed by atoms with Gasteiger partial charge in [-0.15, -0.1) is 0 Å². The maximum Gasteiger partial charge on any atom is 0.244 e. The zero-order chi connectivity index (χ0) is 13.2. The molecule has 1 aliphatic heterocycles. The molecular formula is C14H20N2O2. The number of rotatable bonds is 4. The minimum absolute atomic E-state index is 0.109. The predicted molar refractivity (Wildman–Crippen MR) is 69.8 cm³/mol. The van der Waals surface area contributed by atoms with Crippen LogP contribution in [0.1, 0.15) is 31.4 Å². The largest absolute Gasteiger partial charge is 0.386 e. The van der Waals surface area contributed by atoms with Crippen LogP contribution in [0.3, 0.4) is 0 Å². The molecule has 1 aromatic carbocycles. The van der Waals surface area contributed by atoms with Crippen molar-refractivity contribution in [1.29, 1.82) is 0 Å². The molecule has 98 valence electrons. The quantitative estimate of drug-likeness (QED) is 0.837. The Morgan fingerprint density at radius 1 is 1.44 bits per heavy atom. The van der Waals surface area contributed by atoms with Gasteiger partial charge in [0.2, 0.25) is 5.91 Å². The van der Waals surface area contributed by atoms with Crippen LogP contribution in [0, 0.1) is 0 Å². The number of benzene rings is 1. The van der Waals surface area contributed by atoms with Gasteiger partial charge in [-0.1, -0.05) is 43.7 Å². The van der Waals surface area contributed by atoms with Crippen molar-refractivity contribution < 1.29 is 9.90 Å². The van der Waals surface area contributed by atoms with Crippen molar-refractivity contribution in [1.82, 2.24) is 4.90 Å². The highest BCUT2D eigenvalue weighted by Crippen LogP contribution is 2.28. The minimum Gasteiger partial charge on any atom is -0.386 e. The average molecular weight is 248 g/mol. The SMILES string of the molecule is CCCC1(O)CN(C(=O)C(N)c2ccccc2)C1. The van der Waals surface area contributed by atoms with Crippen LogP contribution in [-0.4, -0.2) is 34.6 Å². The molecule has 0 radical (unpaired) electrons. The van der Waals surface area contributed by atoms with Crippen LogP contribution < -0.4 is 5.73 Å². The molecule has 18 heavy (non-hydrogen) atoms. The van der Waals surface area contributed by atoms with Crippen molar-refractivity contribution in [3.8, 4) is 0 Å². The molecule has 1 heterocycles. The Labute approximate surface area is 107 Å². The van der Waals surface area contributed by atoms with Crippen molar-refractivity contribution in [2.24, 2.45) is 5.73 Å². The molecule has 1 aliphatic rings. The number of nitrogens with zero attached hydrogens (tertiary/aromatic N) is 1. The van der Waals surface area contributed by atoms with Gasteiger partial charge in [-0.3, -0.25) is 4.79 Å². The first-order valence-electron chi connectivity index (χ1n) is 6.37. The van der Waals surface area contributed by atoms with E-state index in [1.807, 2.05) is 37.3 Å². The number of nitrogens with two attached hydrogens (primary N) is 1. The molecule has 4 heteroatoms. The van der Waals surface area contributed by atoms with Crippen molar-refractivity contribution in [2.45, 2.75) is 31.4 Å². The third kappa shape index (κ3) is 2.54. The highest BCUT2D eigenvalue weighted by Gasteiger charge is 2.43. The van der Waals surface area contributed by atoms with E-state index < -0.39 is 11.6 Å². The number of carbonyl (C=O) groups excluding carboxylic acids is 1. The molecule has 1 unspecified atom stereocenters. The molecule has 1 atom stereocenters. The number of carbonyl (C=O) groups is 1. The summed E-state index contributed by atoms with van der Waals surface area (Å²) in [4.78, 5) is 13.7. The zero-order valence-corrected chi connectivity index (χ0v) is 10.7. The van der Waals surface area contributed by atoms with Gasteiger partial charge in [0.05, 0.1) is 18.7 Å². The van der Waals surface area contributed by atoms with Gasteiger partial charge < -0.3 is 15.7 Å². The lowest BCUT2D eigenvalue weighted by molar-refractivity contribution is -0.158. The number of β-amino-alcohol motifs (C(OH)–C–C–N with tert-alkyl or cyclic N) is 1. The Bertz CT molecular complexity index is 413. The van der Waals surface area contributed by atoms with Gasteiger partial charge in [0.1, 0.15) is 6.04 Å². The van der Waals surface area contributed by atoms with Gasteiger partial charge >= 0.3 is 0 Å². The van der Waals surface area contributed by atoms with Crippen molar-refractivity contribution >= 4 is 5.91 Å². The smallest absolute Gasteiger partial charge is 0.244 e. The summed E-state index contributed by atoms with van der Waals surface area (Å²) in [5, 5.41) is 10.0. The molecule has 1 fully saturated rings. The molecule has 0 bridgehead atoms. The van der Waals surface area contributed by atoms with E-state index in [1.54, 1.807) is 4.90 Å². The molecule has 4 nitrogen and oxygen atoms in total. The highest BCUT2D eigenvalue weighted by atomic mass is 16.3. The van der Waals surface area contributed by atoms with E-state index in [2.05, 4.69) is 0 Å². The van der Waals surface area contributed by atoms with Crippen LogP contribution >= 0.6 is 0 Å². The van der Waals surface area contributed by atoms with Crippen LogP contribution in [0.15, 0.2) is 30.3 Å². The highest BCUT2D eigenvalue weighted by molar-refractivity contribution is 5.84. The van der Waals surface area contributed by atoms with Gasteiger partial charge in [0.25, 0.3) is 0 Å². The number of amides is 1. The van der Waals surface area contributed by atoms with E-state index in [4.69, 9.17) is 5.73 Å². The topological polar surface area (TPSA) is 66.6 Å². The molecular weight excluding hydrogens is 228 g/mol.